The summed E-state index contributed by atoms with van der Waals surface area (Å²) in [5.74, 6) is 0.503. The zero-order valence-corrected chi connectivity index (χ0v) is 10.8. The topological polar surface area (TPSA) is 46.3 Å². The number of hydrogen-bond donors (Lipinski definition) is 1. The van der Waals surface area contributed by atoms with Gasteiger partial charge in [0.1, 0.15) is 0 Å². The molecule has 1 saturated heterocycles. The molecule has 0 aliphatic carbocycles. The average Bonchev–Trinajstić information content (AvgIpc) is 2.74. The molecule has 1 aromatic rings. The number of hydrogen-bond acceptors (Lipinski definition) is 3. The largest absolute Gasteiger partial charge is 0.336 e. The van der Waals surface area contributed by atoms with Crippen LogP contribution in [0.4, 0.5) is 0 Å². The Morgan fingerprint density at radius 3 is 2.80 bits per heavy atom. The Kier molecular flexibility index (Phi) is 3.13. The van der Waals surface area contributed by atoms with E-state index in [4.69, 9.17) is 5.73 Å². The first kappa shape index (κ1) is 11.1. The van der Waals surface area contributed by atoms with E-state index in [9.17, 15) is 4.79 Å². The van der Waals surface area contributed by atoms with Gasteiger partial charge in [-0.05, 0) is 34.0 Å². The molecule has 5 heteroatoms. The predicted molar refractivity (Wildman–Crippen MR) is 65.1 cm³/mol. The number of nitrogens with zero attached hydrogens (tertiary/aromatic N) is 1. The first-order valence-electron chi connectivity index (χ1n) is 4.88. The van der Waals surface area contributed by atoms with E-state index < -0.39 is 0 Å². The van der Waals surface area contributed by atoms with E-state index in [1.165, 1.54) is 11.3 Å². The maximum Gasteiger partial charge on any atom is 0.264 e. The summed E-state index contributed by atoms with van der Waals surface area (Å²) >= 11 is 4.83. The molecule has 1 aromatic heterocycles. The smallest absolute Gasteiger partial charge is 0.264 e. The van der Waals surface area contributed by atoms with Crippen LogP contribution in [0.15, 0.2) is 15.9 Å². The Morgan fingerprint density at radius 2 is 2.33 bits per heavy atom. The van der Waals surface area contributed by atoms with E-state index in [0.717, 1.165) is 15.2 Å². The highest BCUT2D eigenvalue weighted by Gasteiger charge is 2.30. The minimum absolute atomic E-state index is 0.102. The molecule has 2 heterocycles. The van der Waals surface area contributed by atoms with Crippen molar-refractivity contribution < 1.29 is 4.79 Å². The molecule has 1 aliphatic rings. The van der Waals surface area contributed by atoms with Crippen LogP contribution in [0.1, 0.15) is 16.6 Å². The standard InChI is InChI=1S/C10H13BrN2OS/c1-6-4-13(5-7(6)12)10(14)8-2-3-9(11)15-8/h2-3,6-7H,4-5,12H2,1H3. The van der Waals surface area contributed by atoms with Gasteiger partial charge in [0.05, 0.1) is 8.66 Å². The van der Waals surface area contributed by atoms with Crippen LogP contribution in [-0.4, -0.2) is 29.9 Å². The molecule has 15 heavy (non-hydrogen) atoms. The maximum atomic E-state index is 12.0. The highest BCUT2D eigenvalue weighted by Crippen LogP contribution is 2.25. The summed E-state index contributed by atoms with van der Waals surface area (Å²) < 4.78 is 0.988. The van der Waals surface area contributed by atoms with Gasteiger partial charge in [0.2, 0.25) is 0 Å². The first-order valence-corrected chi connectivity index (χ1v) is 6.49. The lowest BCUT2D eigenvalue weighted by Gasteiger charge is -2.14. The van der Waals surface area contributed by atoms with Crippen LogP contribution in [0.2, 0.25) is 0 Å². The van der Waals surface area contributed by atoms with Gasteiger partial charge in [0.15, 0.2) is 0 Å². The number of likely N-dealkylation sites (tertiary alicyclic amines) is 1. The normalized spacial score (nSPS) is 25.9. The second-order valence-corrected chi connectivity index (χ2v) is 6.42. The van der Waals surface area contributed by atoms with Crippen molar-refractivity contribution in [3.05, 3.63) is 20.8 Å². The number of carbonyl (C=O) groups is 1. The van der Waals surface area contributed by atoms with Gasteiger partial charge < -0.3 is 10.6 Å². The van der Waals surface area contributed by atoms with E-state index in [0.29, 0.717) is 12.5 Å². The Labute approximate surface area is 101 Å². The van der Waals surface area contributed by atoms with Crippen molar-refractivity contribution in [1.82, 2.24) is 4.90 Å². The molecule has 1 amide bonds. The van der Waals surface area contributed by atoms with E-state index >= 15 is 0 Å². The lowest BCUT2D eigenvalue weighted by molar-refractivity contribution is 0.0791. The molecular weight excluding hydrogens is 276 g/mol. The molecule has 82 valence electrons. The van der Waals surface area contributed by atoms with Crippen molar-refractivity contribution in [2.75, 3.05) is 13.1 Å². The molecule has 2 atom stereocenters. The van der Waals surface area contributed by atoms with Gasteiger partial charge in [-0.2, -0.15) is 0 Å². The zero-order valence-electron chi connectivity index (χ0n) is 8.44. The van der Waals surface area contributed by atoms with Gasteiger partial charge in [-0.15, -0.1) is 11.3 Å². The maximum absolute atomic E-state index is 12.0. The molecule has 0 saturated carbocycles. The SMILES string of the molecule is CC1CN(C(=O)c2ccc(Br)s2)CC1N. The third kappa shape index (κ3) is 2.24. The Bertz CT molecular complexity index is 369. The third-order valence-corrected chi connectivity index (χ3v) is 4.35. The Morgan fingerprint density at radius 1 is 1.60 bits per heavy atom. The summed E-state index contributed by atoms with van der Waals surface area (Å²) in [5, 5.41) is 0. The van der Waals surface area contributed by atoms with Gasteiger partial charge in [0, 0.05) is 19.1 Å². The minimum Gasteiger partial charge on any atom is -0.336 e. The fraction of sp³-hybridized carbons (Fsp3) is 0.500. The van der Waals surface area contributed by atoms with Crippen LogP contribution in [0, 0.1) is 5.92 Å². The van der Waals surface area contributed by atoms with E-state index in [1.54, 1.807) is 0 Å². The lowest BCUT2D eigenvalue weighted by Crippen LogP contribution is -2.31. The monoisotopic (exact) mass is 288 g/mol. The van der Waals surface area contributed by atoms with Crippen molar-refractivity contribution in [3.8, 4) is 0 Å². The molecular formula is C10H13BrN2OS. The Balaban J connectivity index is 2.10. The number of amides is 1. The van der Waals surface area contributed by atoms with Gasteiger partial charge >= 0.3 is 0 Å². The fourth-order valence-corrected chi connectivity index (χ4v) is 3.10. The van der Waals surface area contributed by atoms with E-state index in [1.807, 2.05) is 17.0 Å². The van der Waals surface area contributed by atoms with E-state index in [2.05, 4.69) is 22.9 Å². The molecule has 3 nitrogen and oxygen atoms in total. The van der Waals surface area contributed by atoms with E-state index in [-0.39, 0.29) is 11.9 Å². The molecule has 1 fully saturated rings. The molecule has 2 N–H and O–H groups in total. The quantitative estimate of drug-likeness (QED) is 0.858. The summed E-state index contributed by atoms with van der Waals surface area (Å²) in [6.07, 6.45) is 0. The van der Waals surface area contributed by atoms with Crippen LogP contribution < -0.4 is 5.73 Å². The summed E-state index contributed by atoms with van der Waals surface area (Å²) in [7, 11) is 0. The van der Waals surface area contributed by atoms with Gasteiger partial charge in [-0.1, -0.05) is 6.92 Å². The van der Waals surface area contributed by atoms with Crippen LogP contribution in [0.5, 0.6) is 0 Å². The van der Waals surface area contributed by atoms with Gasteiger partial charge in [-0.3, -0.25) is 4.79 Å². The average molecular weight is 289 g/mol. The molecule has 1 aliphatic heterocycles. The van der Waals surface area contributed by atoms with Crippen LogP contribution >= 0.6 is 27.3 Å². The zero-order chi connectivity index (χ0) is 11.0. The first-order chi connectivity index (χ1) is 7.08. The van der Waals surface area contributed by atoms with Crippen molar-refractivity contribution in [1.29, 1.82) is 0 Å². The second-order valence-electron chi connectivity index (χ2n) is 3.96. The van der Waals surface area contributed by atoms with Crippen molar-refractivity contribution in [2.45, 2.75) is 13.0 Å². The van der Waals surface area contributed by atoms with Crippen LogP contribution in [0.25, 0.3) is 0 Å². The fourth-order valence-electron chi connectivity index (χ4n) is 1.74. The predicted octanol–water partition coefficient (Wildman–Crippen LogP) is 1.93. The Hall–Kier alpha value is -0.390. The molecule has 2 rings (SSSR count). The highest BCUT2D eigenvalue weighted by molar-refractivity contribution is 9.11. The van der Waals surface area contributed by atoms with Crippen molar-refractivity contribution in [2.24, 2.45) is 11.7 Å². The highest BCUT2D eigenvalue weighted by atomic mass is 79.9. The molecule has 0 bridgehead atoms. The van der Waals surface area contributed by atoms with Crippen molar-refractivity contribution in [3.63, 3.8) is 0 Å². The number of thiophene rings is 1. The number of halogens is 1. The number of nitrogens with two attached hydrogens (primary N) is 1. The summed E-state index contributed by atoms with van der Waals surface area (Å²) in [6.45, 7) is 3.54. The van der Waals surface area contributed by atoms with Crippen LogP contribution in [-0.2, 0) is 0 Å². The number of rotatable bonds is 1. The summed E-state index contributed by atoms with van der Waals surface area (Å²) in [6, 6.07) is 3.88. The molecule has 2 unspecified atom stereocenters. The molecule has 0 radical (unpaired) electrons. The van der Waals surface area contributed by atoms with Crippen LogP contribution in [0.3, 0.4) is 0 Å². The third-order valence-electron chi connectivity index (χ3n) is 2.74. The lowest BCUT2D eigenvalue weighted by atomic mass is 10.1. The second kappa shape index (κ2) is 4.23. The minimum atomic E-state index is 0.102. The van der Waals surface area contributed by atoms with Crippen molar-refractivity contribution >= 4 is 33.2 Å². The molecule has 0 aromatic carbocycles. The number of carbonyl (C=O) groups excluding carboxylic acids is 1. The molecule has 0 spiro atoms. The van der Waals surface area contributed by atoms with Gasteiger partial charge in [0.25, 0.3) is 5.91 Å². The van der Waals surface area contributed by atoms with Gasteiger partial charge in [-0.25, -0.2) is 0 Å². The summed E-state index contributed by atoms with van der Waals surface area (Å²) in [4.78, 5) is 14.6. The summed E-state index contributed by atoms with van der Waals surface area (Å²) in [5.41, 5.74) is 5.89.